The second kappa shape index (κ2) is 34.5. The fourth-order valence-electron chi connectivity index (χ4n) is 8.57. The molecule has 30 nitrogen and oxygen atoms in total. The zero-order valence-corrected chi connectivity index (χ0v) is 48.9. The molecule has 0 unspecified atom stereocenters. The standard InChI is InChI=1S/C53H86N16O14S/c1-6-30(3)41-50(78)63-35(17-23-55)43(71)61-37(19-25-57)49(77)68-53(5,81)52(80)59-27-21-38(46(74)60-34(16-22-54)45(73)65-40(48(76)66-41)28-32-10-8-7-9-11-32)62-44(72)36(18-24-56)64-51(79)42(31(4)70)67-47(75)39(20-26-58)69-84(82,83)33-14-12-29(2)13-15-33/h7-15,30-31,34-42,69-70,81H,6,16-28,54-58H2,1-5H3,(H,59,80)(H,60,74)(H,61,71)(H,62,72)(H,63,78)(H,64,79)(H,65,73)(H,66,76)(H,67,75)(H,68,77)/t30-,31+,34-,35-,36-,37-,38-,39-,40+,41-,42-,53-/m0/s1. The minimum atomic E-state index is -4.31. The Hall–Kier alpha value is -7.23. The molecule has 0 spiro atoms. The van der Waals surface area contributed by atoms with Crippen molar-refractivity contribution in [1.82, 2.24) is 57.9 Å². The van der Waals surface area contributed by atoms with Crippen molar-refractivity contribution in [3.63, 3.8) is 0 Å². The Bertz CT molecular complexity index is 2670. The molecule has 1 aliphatic rings. The van der Waals surface area contributed by atoms with Gasteiger partial charge in [0, 0.05) is 13.0 Å². The van der Waals surface area contributed by atoms with Gasteiger partial charge in [-0.2, -0.15) is 4.72 Å². The number of amides is 10. The summed E-state index contributed by atoms with van der Waals surface area (Å²) < 4.78 is 28.8. The highest BCUT2D eigenvalue weighted by Gasteiger charge is 2.39. The topological polar surface area (TPSA) is 508 Å². The van der Waals surface area contributed by atoms with Crippen molar-refractivity contribution in [2.24, 2.45) is 34.6 Å². The van der Waals surface area contributed by atoms with Gasteiger partial charge in [0.1, 0.15) is 54.4 Å². The Labute approximate surface area is 488 Å². The van der Waals surface area contributed by atoms with Crippen LogP contribution in [-0.4, -0.2) is 183 Å². The number of sulfonamides is 1. The van der Waals surface area contributed by atoms with Gasteiger partial charge in [-0.3, -0.25) is 47.9 Å². The average molecular weight is 1200 g/mol. The Balaban J connectivity index is 2.09. The number of aliphatic hydroxyl groups excluding tert-OH is 1. The number of aliphatic hydroxyl groups is 2. The van der Waals surface area contributed by atoms with Crippen molar-refractivity contribution >= 4 is 69.1 Å². The van der Waals surface area contributed by atoms with Crippen molar-refractivity contribution in [3.05, 3.63) is 65.7 Å². The van der Waals surface area contributed by atoms with E-state index < -0.39 is 154 Å². The molecular weight excluding hydrogens is 1120 g/mol. The van der Waals surface area contributed by atoms with Gasteiger partial charge in [0.2, 0.25) is 68.9 Å². The fourth-order valence-corrected chi connectivity index (χ4v) is 9.80. The highest BCUT2D eigenvalue weighted by atomic mass is 32.2. The molecule has 2 aromatic rings. The number of carbonyl (C=O) groups is 10. The number of benzene rings is 2. The fraction of sp³-hybridized carbons (Fsp3) is 0.585. The van der Waals surface area contributed by atoms with Crippen LogP contribution in [0.15, 0.2) is 59.5 Å². The molecule has 0 aliphatic carbocycles. The van der Waals surface area contributed by atoms with Gasteiger partial charge >= 0.3 is 0 Å². The van der Waals surface area contributed by atoms with Gasteiger partial charge < -0.3 is 92.0 Å². The molecular formula is C53H86N16O14S. The van der Waals surface area contributed by atoms with Crippen molar-refractivity contribution in [2.45, 2.75) is 157 Å². The van der Waals surface area contributed by atoms with E-state index in [1.54, 1.807) is 63.2 Å². The SMILES string of the molecule is CC[C@H](C)[C@@H]1NC(=O)[C@@H](Cc2ccccc2)NC(=O)[C@H](CCN)NC(=O)[C@@H](NC(=O)[C@H](CCN)NC(=O)[C@@H](NC(=O)[C@H](CCN)NS(=O)(=O)c2ccc(C)cc2)[C@@H](C)O)CCNC(=O)[C@](C)(O)NC(=O)[C@H](CCN)NC(=O)[C@H](CCN)NC1=O. The molecule has 10 amide bonds. The van der Waals surface area contributed by atoms with Crippen molar-refractivity contribution in [1.29, 1.82) is 0 Å². The third-order valence-corrected chi connectivity index (χ3v) is 15.2. The van der Waals surface area contributed by atoms with E-state index >= 15 is 0 Å². The molecule has 0 saturated carbocycles. The van der Waals surface area contributed by atoms with E-state index in [0.717, 1.165) is 19.4 Å². The van der Waals surface area contributed by atoms with Crippen LogP contribution in [0.1, 0.15) is 83.8 Å². The summed E-state index contributed by atoms with van der Waals surface area (Å²) in [7, 11) is -4.31. The minimum absolute atomic E-state index is 0.128. The molecule has 1 fully saturated rings. The van der Waals surface area contributed by atoms with Crippen molar-refractivity contribution < 1.29 is 66.6 Å². The second-order valence-electron chi connectivity index (χ2n) is 20.6. The summed E-state index contributed by atoms with van der Waals surface area (Å²) in [6.07, 6.45) is -3.24. The van der Waals surface area contributed by atoms with Gasteiger partial charge in [0.25, 0.3) is 5.91 Å². The monoisotopic (exact) mass is 1200 g/mol. The van der Waals surface area contributed by atoms with Crippen LogP contribution in [0.4, 0.5) is 0 Å². The highest BCUT2D eigenvalue weighted by molar-refractivity contribution is 7.89. The first-order valence-corrected chi connectivity index (χ1v) is 29.2. The van der Waals surface area contributed by atoms with E-state index in [9.17, 15) is 66.6 Å². The third-order valence-electron chi connectivity index (χ3n) is 13.7. The maximum atomic E-state index is 14.5. The van der Waals surface area contributed by atoms with E-state index in [4.69, 9.17) is 28.7 Å². The highest BCUT2D eigenvalue weighted by Crippen LogP contribution is 2.15. The number of nitrogens with two attached hydrogens (primary N) is 5. The number of carbonyl (C=O) groups excluding carboxylic acids is 10. The Morgan fingerprint density at radius 1 is 0.655 bits per heavy atom. The van der Waals surface area contributed by atoms with Crippen molar-refractivity contribution in [2.75, 3.05) is 39.3 Å². The van der Waals surface area contributed by atoms with Crippen LogP contribution in [0.25, 0.3) is 0 Å². The molecule has 1 heterocycles. The molecule has 3 rings (SSSR count). The first-order valence-electron chi connectivity index (χ1n) is 27.7. The van der Waals surface area contributed by atoms with Crippen LogP contribution < -0.4 is 86.6 Å². The summed E-state index contributed by atoms with van der Waals surface area (Å²) in [5.74, 6) is -10.8. The summed E-state index contributed by atoms with van der Waals surface area (Å²) in [6.45, 7) is 5.63. The average Bonchev–Trinajstić information content (AvgIpc) is 3.65. The van der Waals surface area contributed by atoms with Gasteiger partial charge in [-0.15, -0.1) is 0 Å². The Morgan fingerprint density at radius 3 is 1.70 bits per heavy atom. The maximum absolute atomic E-state index is 14.5. The number of hydrogen-bond donors (Lipinski definition) is 18. The quantitative estimate of drug-likeness (QED) is 0.0465. The maximum Gasteiger partial charge on any atom is 0.272 e. The van der Waals surface area contributed by atoms with Crippen LogP contribution in [0.3, 0.4) is 0 Å². The van der Waals surface area contributed by atoms with E-state index in [1.165, 1.54) is 12.1 Å². The minimum Gasteiger partial charge on any atom is -0.391 e. The lowest BCUT2D eigenvalue weighted by molar-refractivity contribution is -0.148. The van der Waals surface area contributed by atoms with Gasteiger partial charge in [-0.25, -0.2) is 8.42 Å². The number of hydrogen-bond acceptors (Lipinski definition) is 19. The van der Waals surface area contributed by atoms with Gasteiger partial charge in [0.05, 0.1) is 11.0 Å². The zero-order chi connectivity index (χ0) is 62.9. The van der Waals surface area contributed by atoms with Crippen LogP contribution in [0, 0.1) is 12.8 Å². The molecule has 1 aliphatic heterocycles. The van der Waals surface area contributed by atoms with E-state index in [2.05, 4.69) is 57.9 Å². The van der Waals surface area contributed by atoms with E-state index in [-0.39, 0.29) is 76.1 Å². The van der Waals surface area contributed by atoms with E-state index in [0.29, 0.717) is 12.0 Å². The van der Waals surface area contributed by atoms with Crippen molar-refractivity contribution in [3.8, 4) is 0 Å². The molecule has 84 heavy (non-hydrogen) atoms. The van der Waals surface area contributed by atoms with Gasteiger partial charge in [-0.05, 0) is 116 Å². The molecule has 0 bridgehead atoms. The normalized spacial score (nSPS) is 23.7. The number of aryl methyl sites for hydroxylation is 1. The summed E-state index contributed by atoms with van der Waals surface area (Å²) in [4.78, 5) is 140. The smallest absolute Gasteiger partial charge is 0.272 e. The Kier molecular flexibility index (Phi) is 29.2. The summed E-state index contributed by atoms with van der Waals surface area (Å²) in [5.41, 5.74) is 27.8. The molecule has 23 N–H and O–H groups in total. The number of rotatable bonds is 24. The molecule has 468 valence electrons. The molecule has 12 atom stereocenters. The number of nitrogens with one attached hydrogen (secondary N) is 11. The van der Waals surface area contributed by atoms with Crippen LogP contribution in [0.2, 0.25) is 0 Å². The second-order valence-corrected chi connectivity index (χ2v) is 22.3. The molecule has 2 aromatic carbocycles. The third kappa shape index (κ3) is 22.1. The lowest BCUT2D eigenvalue weighted by atomic mass is 9.96. The van der Waals surface area contributed by atoms with Crippen LogP contribution in [0.5, 0.6) is 0 Å². The van der Waals surface area contributed by atoms with Crippen LogP contribution >= 0.6 is 0 Å². The van der Waals surface area contributed by atoms with Crippen LogP contribution in [-0.2, 0) is 64.4 Å². The Morgan fingerprint density at radius 2 is 1.17 bits per heavy atom. The largest absolute Gasteiger partial charge is 0.391 e. The molecule has 0 radical (unpaired) electrons. The molecule has 1 saturated heterocycles. The lowest BCUT2D eigenvalue weighted by Gasteiger charge is -2.30. The van der Waals surface area contributed by atoms with Gasteiger partial charge in [0.15, 0.2) is 0 Å². The van der Waals surface area contributed by atoms with E-state index in [1.807, 2.05) is 0 Å². The molecule has 0 aromatic heterocycles. The zero-order valence-electron chi connectivity index (χ0n) is 48.0. The summed E-state index contributed by atoms with van der Waals surface area (Å²) >= 11 is 0. The summed E-state index contributed by atoms with van der Waals surface area (Å²) in [5, 5.41) is 46.7. The summed E-state index contributed by atoms with van der Waals surface area (Å²) in [6, 6.07) is 0.280. The predicted octanol–water partition coefficient (Wildman–Crippen LogP) is -6.72. The molecule has 31 heteroatoms. The first-order chi connectivity index (χ1) is 39.7. The van der Waals surface area contributed by atoms with Gasteiger partial charge in [-0.1, -0.05) is 68.3 Å². The first kappa shape index (κ1) is 71.0. The lowest BCUT2D eigenvalue weighted by Crippen LogP contribution is -2.63. The predicted molar refractivity (Wildman–Crippen MR) is 307 cm³/mol.